The number of anilines is 1. The van der Waals surface area contributed by atoms with E-state index < -0.39 is 6.04 Å². The number of nitrogens with one attached hydrogen (secondary N) is 1. The van der Waals surface area contributed by atoms with Crippen molar-refractivity contribution in [2.24, 2.45) is 0 Å². The van der Waals surface area contributed by atoms with Gasteiger partial charge in [-0.15, -0.1) is 0 Å². The molecule has 35 heavy (non-hydrogen) atoms. The van der Waals surface area contributed by atoms with E-state index in [0.717, 1.165) is 22.4 Å². The highest BCUT2D eigenvalue weighted by Gasteiger charge is 2.36. The zero-order valence-electron chi connectivity index (χ0n) is 19.3. The third kappa shape index (κ3) is 4.31. The normalized spacial score (nSPS) is 16.0. The molecular weight excluding hydrogens is 467 g/mol. The number of carbonyl (C=O) groups excluding carboxylic acids is 1. The van der Waals surface area contributed by atoms with Crippen molar-refractivity contribution in [3.63, 3.8) is 0 Å². The molecule has 5 rings (SSSR count). The number of carbonyl (C=O) groups is 1. The van der Waals surface area contributed by atoms with Gasteiger partial charge in [0.05, 0.1) is 17.3 Å². The van der Waals surface area contributed by atoms with Gasteiger partial charge in [0.2, 0.25) is 5.82 Å². The Morgan fingerprint density at radius 1 is 0.971 bits per heavy atom. The largest absolute Gasteiger partial charge is 0.334 e. The molecule has 1 atom stereocenters. The van der Waals surface area contributed by atoms with Crippen molar-refractivity contribution >= 4 is 28.9 Å². The number of aryl methyl sites for hydroxylation is 2. The van der Waals surface area contributed by atoms with Gasteiger partial charge >= 0.3 is 6.03 Å². The fourth-order valence-corrected chi connectivity index (χ4v) is 4.28. The van der Waals surface area contributed by atoms with Gasteiger partial charge in [0.25, 0.3) is 5.89 Å². The second-order valence-corrected chi connectivity index (χ2v) is 8.90. The molecule has 0 saturated carbocycles. The number of rotatable bonds is 4. The summed E-state index contributed by atoms with van der Waals surface area (Å²) in [6.45, 7) is 5.88. The molecule has 4 aromatic rings. The van der Waals surface area contributed by atoms with Gasteiger partial charge in [-0.1, -0.05) is 35.0 Å². The maximum absolute atomic E-state index is 13.4. The Bertz CT molecular complexity index is 1450. The number of allylic oxidation sites excluding steroid dienone is 1. The van der Waals surface area contributed by atoms with Crippen molar-refractivity contribution in [2.45, 2.75) is 26.8 Å². The van der Waals surface area contributed by atoms with Gasteiger partial charge in [-0.05, 0) is 86.0 Å². The molecule has 1 N–H and O–H groups in total. The van der Waals surface area contributed by atoms with E-state index in [2.05, 4.69) is 15.5 Å². The number of hydrogen-bond donors (Lipinski definition) is 1. The maximum Gasteiger partial charge on any atom is 0.326 e. The average molecular weight is 489 g/mol. The Morgan fingerprint density at radius 2 is 1.69 bits per heavy atom. The maximum atomic E-state index is 13.4. The van der Waals surface area contributed by atoms with Crippen molar-refractivity contribution < 1.29 is 13.7 Å². The Labute approximate surface area is 207 Å². The van der Waals surface area contributed by atoms with Crippen LogP contribution < -0.4 is 10.2 Å². The minimum atomic E-state index is -0.538. The first-order valence-electron chi connectivity index (χ1n) is 11.1. The summed E-state index contributed by atoms with van der Waals surface area (Å²) in [6.07, 6.45) is 0. The summed E-state index contributed by atoms with van der Waals surface area (Å²) >= 11 is 6.10. The molecule has 6 nitrogen and oxygen atoms in total. The summed E-state index contributed by atoms with van der Waals surface area (Å²) < 4.78 is 19.1. The lowest BCUT2D eigenvalue weighted by molar-refractivity contribution is 0.244. The van der Waals surface area contributed by atoms with Gasteiger partial charge in [0.15, 0.2) is 0 Å². The predicted octanol–water partition coefficient (Wildman–Crippen LogP) is 6.85. The first-order valence-corrected chi connectivity index (χ1v) is 11.4. The lowest BCUT2D eigenvalue weighted by Gasteiger charge is -2.35. The minimum Gasteiger partial charge on any atom is -0.334 e. The molecule has 0 fully saturated rings. The minimum absolute atomic E-state index is 0.260. The summed E-state index contributed by atoms with van der Waals surface area (Å²) in [7, 11) is 0. The van der Waals surface area contributed by atoms with Crippen LogP contribution >= 0.6 is 11.6 Å². The summed E-state index contributed by atoms with van der Waals surface area (Å²) in [5.41, 5.74) is 5.69. The summed E-state index contributed by atoms with van der Waals surface area (Å²) in [4.78, 5) is 19.5. The number of hydrogen-bond acceptors (Lipinski definition) is 4. The molecule has 8 heteroatoms. The molecular formula is C27H22ClFN4O2. The Hall–Kier alpha value is -3.97. The quantitative estimate of drug-likeness (QED) is 0.341. The molecule has 0 radical (unpaired) electrons. The van der Waals surface area contributed by atoms with Gasteiger partial charge in [0.1, 0.15) is 5.82 Å². The van der Waals surface area contributed by atoms with Crippen LogP contribution in [0.4, 0.5) is 14.9 Å². The second-order valence-electron chi connectivity index (χ2n) is 8.47. The predicted molar refractivity (Wildman–Crippen MR) is 133 cm³/mol. The van der Waals surface area contributed by atoms with E-state index >= 15 is 0 Å². The third-order valence-corrected chi connectivity index (χ3v) is 6.45. The fraction of sp³-hybridized carbons (Fsp3) is 0.148. The Balaban J connectivity index is 1.65. The molecule has 1 aromatic heterocycles. The van der Waals surface area contributed by atoms with Crippen LogP contribution in [-0.4, -0.2) is 16.2 Å². The van der Waals surface area contributed by atoms with E-state index in [4.69, 9.17) is 16.1 Å². The van der Waals surface area contributed by atoms with Crippen molar-refractivity contribution in [1.82, 2.24) is 15.5 Å². The topological polar surface area (TPSA) is 71.3 Å². The molecule has 2 heterocycles. The molecule has 0 aliphatic carbocycles. The smallest absolute Gasteiger partial charge is 0.326 e. The SMILES string of the molecule is CC1=C(c2nc(-c3ccc(F)cc3)no2)C(c2ccc(Cl)cc2)NC(=O)N1c1ccc(C)c(C)c1. The molecule has 3 aromatic carbocycles. The van der Waals surface area contributed by atoms with Crippen LogP contribution in [0.25, 0.3) is 17.0 Å². The lowest BCUT2D eigenvalue weighted by atomic mass is 9.94. The Kier molecular flexibility index (Phi) is 5.86. The summed E-state index contributed by atoms with van der Waals surface area (Å²) in [6, 6.07) is 18.1. The van der Waals surface area contributed by atoms with E-state index in [1.54, 1.807) is 29.2 Å². The summed E-state index contributed by atoms with van der Waals surface area (Å²) in [5, 5.41) is 7.78. The number of amides is 2. The zero-order chi connectivity index (χ0) is 24.7. The first-order chi connectivity index (χ1) is 16.8. The standard InChI is InChI=1S/C27H22ClFN4O2/c1-15-4-13-22(14-16(15)2)33-17(3)23(24(30-27(33)34)18-5-9-20(28)10-6-18)26-31-25(32-35-26)19-7-11-21(29)12-8-19/h4-14,24H,1-3H3,(H,30,34). The summed E-state index contributed by atoms with van der Waals surface area (Å²) in [5.74, 6) is 0.234. The van der Waals surface area contributed by atoms with Crippen LogP contribution in [-0.2, 0) is 0 Å². The van der Waals surface area contributed by atoms with E-state index in [1.165, 1.54) is 12.1 Å². The van der Waals surface area contributed by atoms with E-state index in [9.17, 15) is 9.18 Å². The monoisotopic (exact) mass is 488 g/mol. The third-order valence-electron chi connectivity index (χ3n) is 6.20. The molecule has 2 amide bonds. The van der Waals surface area contributed by atoms with Crippen molar-refractivity contribution in [3.8, 4) is 11.4 Å². The van der Waals surface area contributed by atoms with Crippen LogP contribution in [0.2, 0.25) is 5.02 Å². The van der Waals surface area contributed by atoms with Gasteiger partial charge in [-0.2, -0.15) is 4.98 Å². The van der Waals surface area contributed by atoms with Crippen LogP contribution in [0, 0.1) is 19.7 Å². The molecule has 0 saturated heterocycles. The van der Waals surface area contributed by atoms with Gasteiger partial charge < -0.3 is 9.84 Å². The fourth-order valence-electron chi connectivity index (χ4n) is 4.15. The van der Waals surface area contributed by atoms with Crippen molar-refractivity contribution in [1.29, 1.82) is 0 Å². The molecule has 1 aliphatic rings. The molecule has 176 valence electrons. The number of urea groups is 1. The average Bonchev–Trinajstić information content (AvgIpc) is 3.31. The van der Waals surface area contributed by atoms with E-state index in [-0.39, 0.29) is 17.7 Å². The highest BCUT2D eigenvalue weighted by atomic mass is 35.5. The van der Waals surface area contributed by atoms with Crippen molar-refractivity contribution in [2.75, 3.05) is 4.90 Å². The second kappa shape index (κ2) is 9.00. The van der Waals surface area contributed by atoms with Crippen molar-refractivity contribution in [3.05, 3.63) is 106 Å². The van der Waals surface area contributed by atoms with E-state index in [1.807, 2.05) is 51.1 Å². The zero-order valence-corrected chi connectivity index (χ0v) is 20.1. The van der Waals surface area contributed by atoms with Gasteiger partial charge in [0, 0.05) is 16.3 Å². The number of halogens is 2. The highest BCUT2D eigenvalue weighted by Crippen LogP contribution is 2.39. The first kappa shape index (κ1) is 22.8. The number of benzene rings is 3. The number of nitrogens with zero attached hydrogens (tertiary/aromatic N) is 3. The molecule has 0 bridgehead atoms. The highest BCUT2D eigenvalue weighted by molar-refractivity contribution is 6.30. The number of aromatic nitrogens is 2. The molecule has 1 unspecified atom stereocenters. The van der Waals surface area contributed by atoms with Crippen LogP contribution in [0.1, 0.15) is 35.5 Å². The van der Waals surface area contributed by atoms with Crippen LogP contribution in [0.5, 0.6) is 0 Å². The van der Waals surface area contributed by atoms with Gasteiger partial charge in [-0.3, -0.25) is 4.90 Å². The molecule has 1 aliphatic heterocycles. The van der Waals surface area contributed by atoms with E-state index in [0.29, 0.717) is 27.7 Å². The van der Waals surface area contributed by atoms with Crippen LogP contribution in [0.15, 0.2) is 77.0 Å². The molecule has 0 spiro atoms. The van der Waals surface area contributed by atoms with Crippen LogP contribution in [0.3, 0.4) is 0 Å². The lowest BCUT2D eigenvalue weighted by Crippen LogP contribution is -2.46. The Morgan fingerprint density at radius 3 is 2.37 bits per heavy atom. The van der Waals surface area contributed by atoms with Gasteiger partial charge in [-0.25, -0.2) is 9.18 Å².